The fourth-order valence-corrected chi connectivity index (χ4v) is 2.32. The van der Waals surface area contributed by atoms with Gasteiger partial charge in [-0.25, -0.2) is 9.97 Å². The highest BCUT2D eigenvalue weighted by Gasteiger charge is 2.15. The van der Waals surface area contributed by atoms with Crippen molar-refractivity contribution in [2.75, 3.05) is 13.7 Å². The van der Waals surface area contributed by atoms with E-state index in [4.69, 9.17) is 16.3 Å². The molecule has 0 aliphatic rings. The molecule has 0 fully saturated rings. The van der Waals surface area contributed by atoms with E-state index in [9.17, 15) is 0 Å². The van der Waals surface area contributed by atoms with Crippen molar-refractivity contribution in [2.45, 2.75) is 38.6 Å². The number of fused-ring (bicyclic) bond motifs is 1. The molecule has 2 rings (SSSR count). The molecule has 0 radical (unpaired) electrons. The van der Waals surface area contributed by atoms with E-state index in [1.54, 1.807) is 7.11 Å². The van der Waals surface area contributed by atoms with Crippen molar-refractivity contribution in [1.82, 2.24) is 14.5 Å². The van der Waals surface area contributed by atoms with E-state index in [1.807, 2.05) is 26.0 Å². The number of rotatable bonds is 6. The zero-order chi connectivity index (χ0) is 13.8. The third-order valence-electron chi connectivity index (χ3n) is 3.10. The zero-order valence-electron chi connectivity index (χ0n) is 11.7. The summed E-state index contributed by atoms with van der Waals surface area (Å²) in [5.74, 6) is 0.896. The van der Waals surface area contributed by atoms with Crippen molar-refractivity contribution in [1.29, 1.82) is 0 Å². The van der Waals surface area contributed by atoms with Crippen molar-refractivity contribution >= 4 is 22.8 Å². The van der Waals surface area contributed by atoms with Gasteiger partial charge in [-0.1, -0.05) is 0 Å². The van der Waals surface area contributed by atoms with Gasteiger partial charge in [0.15, 0.2) is 5.65 Å². The smallest absolute Gasteiger partial charge is 0.160 e. The summed E-state index contributed by atoms with van der Waals surface area (Å²) in [6.07, 6.45) is 2.06. The maximum atomic E-state index is 6.22. The Morgan fingerprint density at radius 2 is 2.11 bits per heavy atom. The van der Waals surface area contributed by atoms with Crippen LogP contribution in [-0.4, -0.2) is 28.3 Å². The molecule has 1 atom stereocenters. The van der Waals surface area contributed by atoms with Crippen LogP contribution in [0.5, 0.6) is 0 Å². The highest BCUT2D eigenvalue weighted by atomic mass is 35.5. The van der Waals surface area contributed by atoms with Gasteiger partial charge in [-0.15, -0.1) is 11.6 Å². The van der Waals surface area contributed by atoms with Gasteiger partial charge < -0.3 is 9.30 Å². The van der Waals surface area contributed by atoms with Gasteiger partial charge in [-0.05, 0) is 38.8 Å². The number of imidazole rings is 1. The second-order valence-electron chi connectivity index (χ2n) is 4.73. The normalized spacial score (nSPS) is 13.1. The maximum absolute atomic E-state index is 6.22. The van der Waals surface area contributed by atoms with Crippen LogP contribution in [0.1, 0.15) is 36.7 Å². The molecule has 2 heterocycles. The fourth-order valence-electron chi connectivity index (χ4n) is 2.15. The number of alkyl halides is 1. The number of ether oxygens (including phenoxy) is 1. The van der Waals surface area contributed by atoms with E-state index >= 15 is 0 Å². The SMILES string of the molecule is COCCCCn1c(C(C)Cl)nc2ccc(C)nc21. The molecule has 0 saturated carbocycles. The third-order valence-corrected chi connectivity index (χ3v) is 3.29. The predicted octanol–water partition coefficient (Wildman–Crippen LogP) is 3.47. The van der Waals surface area contributed by atoms with Crippen LogP contribution in [-0.2, 0) is 11.3 Å². The van der Waals surface area contributed by atoms with E-state index in [1.165, 1.54) is 0 Å². The largest absolute Gasteiger partial charge is 0.385 e. The molecule has 19 heavy (non-hydrogen) atoms. The molecular weight excluding hydrogens is 262 g/mol. The Hall–Kier alpha value is -1.13. The summed E-state index contributed by atoms with van der Waals surface area (Å²) in [6, 6.07) is 3.99. The average molecular weight is 282 g/mol. The summed E-state index contributed by atoms with van der Waals surface area (Å²) in [4.78, 5) is 9.18. The van der Waals surface area contributed by atoms with Crippen LogP contribution in [0.4, 0.5) is 0 Å². The summed E-state index contributed by atoms with van der Waals surface area (Å²) < 4.78 is 7.21. The minimum absolute atomic E-state index is 0.114. The van der Waals surface area contributed by atoms with Gasteiger partial charge in [-0.2, -0.15) is 0 Å². The monoisotopic (exact) mass is 281 g/mol. The minimum Gasteiger partial charge on any atom is -0.385 e. The summed E-state index contributed by atoms with van der Waals surface area (Å²) >= 11 is 6.22. The lowest BCUT2D eigenvalue weighted by Crippen LogP contribution is -2.06. The number of pyridine rings is 1. The van der Waals surface area contributed by atoms with Crippen molar-refractivity contribution in [3.63, 3.8) is 0 Å². The van der Waals surface area contributed by atoms with Gasteiger partial charge in [0.25, 0.3) is 0 Å². The molecule has 2 aromatic heterocycles. The van der Waals surface area contributed by atoms with Gasteiger partial charge >= 0.3 is 0 Å². The molecule has 0 spiro atoms. The molecule has 0 bridgehead atoms. The molecule has 0 aliphatic carbocycles. The highest BCUT2D eigenvalue weighted by Crippen LogP contribution is 2.24. The standard InChI is InChI=1S/C14H20ClN3O/c1-10-6-7-12-14(16-10)18(8-4-5-9-19-3)13(17-12)11(2)15/h6-7,11H,4-5,8-9H2,1-3H3. The topological polar surface area (TPSA) is 39.9 Å². The van der Waals surface area contributed by atoms with Crippen LogP contribution in [0.2, 0.25) is 0 Å². The number of hydrogen-bond donors (Lipinski definition) is 0. The first kappa shape index (κ1) is 14.3. The number of unbranched alkanes of at least 4 members (excludes halogenated alkanes) is 1. The first-order valence-electron chi connectivity index (χ1n) is 6.60. The number of aryl methyl sites for hydroxylation is 2. The Labute approximate surface area is 118 Å². The molecule has 5 heteroatoms. The van der Waals surface area contributed by atoms with Gasteiger partial charge in [-0.3, -0.25) is 0 Å². The fraction of sp³-hybridized carbons (Fsp3) is 0.571. The van der Waals surface area contributed by atoms with Gasteiger partial charge in [0.2, 0.25) is 0 Å². The third kappa shape index (κ3) is 3.25. The van der Waals surface area contributed by atoms with Crippen LogP contribution in [0, 0.1) is 6.92 Å². The first-order valence-corrected chi connectivity index (χ1v) is 7.04. The average Bonchev–Trinajstić information content (AvgIpc) is 2.73. The van der Waals surface area contributed by atoms with E-state index in [0.717, 1.165) is 48.7 Å². The Bertz CT molecular complexity index is 551. The second-order valence-corrected chi connectivity index (χ2v) is 5.39. The molecule has 2 aromatic rings. The van der Waals surface area contributed by atoms with E-state index in [2.05, 4.69) is 14.5 Å². The van der Waals surface area contributed by atoms with E-state index < -0.39 is 0 Å². The van der Waals surface area contributed by atoms with Crippen LogP contribution in [0.25, 0.3) is 11.2 Å². The number of halogens is 1. The molecule has 4 nitrogen and oxygen atoms in total. The van der Waals surface area contributed by atoms with Gasteiger partial charge in [0.1, 0.15) is 11.3 Å². The van der Waals surface area contributed by atoms with Crippen molar-refractivity contribution in [2.24, 2.45) is 0 Å². The van der Waals surface area contributed by atoms with Crippen LogP contribution in [0.15, 0.2) is 12.1 Å². The molecule has 0 aromatic carbocycles. The van der Waals surface area contributed by atoms with Crippen LogP contribution < -0.4 is 0 Å². The Balaban J connectivity index is 2.31. The van der Waals surface area contributed by atoms with E-state index in [-0.39, 0.29) is 5.38 Å². The molecule has 0 amide bonds. The summed E-state index contributed by atoms with van der Waals surface area (Å²) in [5, 5.41) is -0.114. The second kappa shape index (κ2) is 6.35. The van der Waals surface area contributed by atoms with Crippen molar-refractivity contribution in [3.8, 4) is 0 Å². The Kier molecular flexibility index (Phi) is 4.77. The molecular formula is C14H20ClN3O. The van der Waals surface area contributed by atoms with Gasteiger partial charge in [0.05, 0.1) is 5.38 Å². The molecule has 0 N–H and O–H groups in total. The quantitative estimate of drug-likeness (QED) is 0.601. The molecule has 0 saturated heterocycles. The number of hydrogen-bond acceptors (Lipinski definition) is 3. The number of methoxy groups -OCH3 is 1. The Morgan fingerprint density at radius 1 is 1.32 bits per heavy atom. The molecule has 104 valence electrons. The zero-order valence-corrected chi connectivity index (χ0v) is 12.4. The lowest BCUT2D eigenvalue weighted by Gasteiger charge is -2.09. The maximum Gasteiger partial charge on any atom is 0.160 e. The number of nitrogens with zero attached hydrogens (tertiary/aromatic N) is 3. The predicted molar refractivity (Wildman–Crippen MR) is 77.6 cm³/mol. The van der Waals surface area contributed by atoms with Crippen molar-refractivity contribution in [3.05, 3.63) is 23.7 Å². The van der Waals surface area contributed by atoms with Crippen molar-refractivity contribution < 1.29 is 4.74 Å². The molecule has 0 aliphatic heterocycles. The summed E-state index contributed by atoms with van der Waals surface area (Å²) in [6.45, 7) is 5.60. The molecule has 1 unspecified atom stereocenters. The summed E-state index contributed by atoms with van der Waals surface area (Å²) in [5.41, 5.74) is 2.85. The highest BCUT2D eigenvalue weighted by molar-refractivity contribution is 6.20. The lowest BCUT2D eigenvalue weighted by molar-refractivity contribution is 0.191. The lowest BCUT2D eigenvalue weighted by atomic mass is 10.3. The minimum atomic E-state index is -0.114. The van der Waals surface area contributed by atoms with E-state index in [0.29, 0.717) is 0 Å². The number of aromatic nitrogens is 3. The van der Waals surface area contributed by atoms with Crippen LogP contribution in [0.3, 0.4) is 0 Å². The van der Waals surface area contributed by atoms with Crippen LogP contribution >= 0.6 is 11.6 Å². The Morgan fingerprint density at radius 3 is 2.79 bits per heavy atom. The summed E-state index contributed by atoms with van der Waals surface area (Å²) in [7, 11) is 1.73. The first-order chi connectivity index (χ1) is 9.13. The van der Waals surface area contributed by atoms with Gasteiger partial charge in [0, 0.05) is 26.0 Å².